The van der Waals surface area contributed by atoms with Crippen LogP contribution in [0.2, 0.25) is 18.1 Å². The van der Waals surface area contributed by atoms with E-state index >= 15 is 0 Å². The maximum Gasteiger partial charge on any atom is 0.407 e. The number of nitriles is 1. The first-order chi connectivity index (χ1) is 31.9. The lowest BCUT2D eigenvalue weighted by Crippen LogP contribution is -2.44. The van der Waals surface area contributed by atoms with Crippen molar-refractivity contribution in [3.8, 4) is 17.9 Å². The third-order valence-electron chi connectivity index (χ3n) is 12.6. The number of nitrogens with zero attached hydrogens (tertiary/aromatic N) is 2. The zero-order valence-electron chi connectivity index (χ0n) is 41.1. The molecule has 0 saturated carbocycles. The Bertz CT molecular complexity index is 1980. The number of carbonyl (C=O) groups excluding carboxylic acids is 3. The van der Waals surface area contributed by atoms with E-state index in [0.29, 0.717) is 38.9 Å². The Labute approximate surface area is 403 Å². The normalized spacial score (nSPS) is 19.5. The molecule has 1 saturated heterocycles. The van der Waals surface area contributed by atoms with Gasteiger partial charge < -0.3 is 44.0 Å². The van der Waals surface area contributed by atoms with Gasteiger partial charge >= 0.3 is 12.2 Å². The fourth-order valence-electron chi connectivity index (χ4n) is 8.12. The topological polar surface area (TPSA) is 181 Å². The molecule has 14 nitrogen and oxygen atoms in total. The molecule has 366 valence electrons. The summed E-state index contributed by atoms with van der Waals surface area (Å²) in [5.41, 5.74) is 3.73. The molecule has 2 radical (unpaired) electrons. The molecule has 1 heterocycles. The molecule has 3 unspecified atom stereocenters. The Balaban J connectivity index is 1.10. The zero-order valence-corrected chi connectivity index (χ0v) is 43.0. The second kappa shape index (κ2) is 27.9. The molecular formula is C50H75BN5O9PSi. The van der Waals surface area contributed by atoms with E-state index in [1.54, 1.807) is 0 Å². The van der Waals surface area contributed by atoms with E-state index in [2.05, 4.69) is 66.2 Å². The van der Waals surface area contributed by atoms with Gasteiger partial charge in [0.1, 0.15) is 26.7 Å². The Kier molecular flexibility index (Phi) is 23.1. The lowest BCUT2D eigenvalue weighted by molar-refractivity contribution is -0.121. The van der Waals surface area contributed by atoms with Crippen LogP contribution in [0.1, 0.15) is 134 Å². The van der Waals surface area contributed by atoms with Crippen LogP contribution < -0.4 is 16.0 Å². The van der Waals surface area contributed by atoms with Gasteiger partial charge in [-0.05, 0) is 95.6 Å². The van der Waals surface area contributed by atoms with E-state index in [1.807, 2.05) is 75.5 Å². The third kappa shape index (κ3) is 18.1. The van der Waals surface area contributed by atoms with Crippen molar-refractivity contribution in [1.29, 1.82) is 5.26 Å². The molecular weight excluding hydrogens is 884 g/mol. The minimum absolute atomic E-state index is 0.0115. The maximum atomic E-state index is 12.8. The first-order valence-electron chi connectivity index (χ1n) is 24.1. The highest BCUT2D eigenvalue weighted by atomic mass is 31.2. The molecule has 17 heteroatoms. The Morgan fingerprint density at radius 2 is 1.51 bits per heavy atom. The Morgan fingerprint density at radius 3 is 2.16 bits per heavy atom. The molecule has 0 aromatic heterocycles. The van der Waals surface area contributed by atoms with Crippen LogP contribution in [0.15, 0.2) is 48.5 Å². The number of hydrogen-bond donors (Lipinski definition) is 4. The largest absolute Gasteiger partial charge is 0.447 e. The number of ether oxygens (including phenoxy) is 3. The van der Waals surface area contributed by atoms with E-state index in [-0.39, 0.29) is 43.5 Å². The van der Waals surface area contributed by atoms with Crippen molar-refractivity contribution in [1.82, 2.24) is 20.6 Å². The molecule has 4 N–H and O–H groups in total. The summed E-state index contributed by atoms with van der Waals surface area (Å²) < 4.78 is 33.0. The molecule has 67 heavy (non-hydrogen) atoms. The molecule has 3 amide bonds. The number of benzene rings is 2. The second-order valence-corrected chi connectivity index (χ2v) is 25.1. The highest BCUT2D eigenvalue weighted by Gasteiger charge is 2.50. The molecule has 0 bridgehead atoms. The second-order valence-electron chi connectivity index (χ2n) is 19.2. The lowest BCUT2D eigenvalue weighted by Gasteiger charge is -2.41. The number of nitrogens with one attached hydrogen (secondary N) is 3. The van der Waals surface area contributed by atoms with Crippen LogP contribution in [0.4, 0.5) is 9.59 Å². The van der Waals surface area contributed by atoms with Crippen LogP contribution in [0.5, 0.6) is 0 Å². The van der Waals surface area contributed by atoms with Crippen molar-refractivity contribution >= 4 is 42.8 Å². The number of amides is 3. The smallest absolute Gasteiger partial charge is 0.407 e. The molecule has 2 aromatic rings. The number of alkyl carbamates (subject to hydrolysis) is 2. The fourth-order valence-corrected chi connectivity index (χ4v) is 10.7. The summed E-state index contributed by atoms with van der Waals surface area (Å²) in [6, 6.07) is 17.3. The molecule has 6 atom stereocenters. The van der Waals surface area contributed by atoms with Gasteiger partial charge in [0.05, 0.1) is 25.2 Å². The van der Waals surface area contributed by atoms with Gasteiger partial charge in [-0.1, -0.05) is 81.3 Å². The summed E-state index contributed by atoms with van der Waals surface area (Å²) in [6.45, 7) is 17.8. The van der Waals surface area contributed by atoms with Crippen LogP contribution in [0.25, 0.3) is 0 Å². The third-order valence-corrected chi connectivity index (χ3v) is 18.2. The summed E-state index contributed by atoms with van der Waals surface area (Å²) in [6.07, 6.45) is 4.56. The molecule has 1 aliphatic heterocycles. The van der Waals surface area contributed by atoms with Crippen LogP contribution in [0.3, 0.4) is 0 Å². The first-order valence-corrected chi connectivity index (χ1v) is 28.2. The number of rotatable bonds is 27. The SMILES string of the molecule is [B][C@@H]1O[C@H](COC(=O)NCCCCCCNC(=O)CCCCCNC(=O)OC2Cc3ccccc3C#Cc3ccccc32)C(OP(OCCC#N)N(C(C)C)C(C)C)[C@@H]1CC(C)(C)[Si](C)(C)O. The van der Waals surface area contributed by atoms with E-state index in [0.717, 1.165) is 67.2 Å². The summed E-state index contributed by atoms with van der Waals surface area (Å²) in [5, 5.41) is 17.5. The van der Waals surface area contributed by atoms with Crippen LogP contribution >= 0.6 is 8.53 Å². The summed E-state index contributed by atoms with van der Waals surface area (Å²) in [7, 11) is 2.35. The van der Waals surface area contributed by atoms with Crippen LogP contribution in [0, 0.1) is 29.1 Å². The number of fused-ring (bicyclic) bond motifs is 2. The first kappa shape index (κ1) is 55.6. The van der Waals surface area contributed by atoms with E-state index in [1.165, 1.54) is 0 Å². The van der Waals surface area contributed by atoms with Gasteiger partial charge in [0.25, 0.3) is 8.53 Å². The fraction of sp³-hybridized carbons (Fsp3) is 0.640. The van der Waals surface area contributed by atoms with Gasteiger partial charge in [-0.15, -0.1) is 0 Å². The van der Waals surface area contributed by atoms with Crippen molar-refractivity contribution in [2.45, 2.75) is 167 Å². The number of carbonyl (C=O) groups is 3. The highest BCUT2D eigenvalue weighted by molar-refractivity contribution is 7.44. The van der Waals surface area contributed by atoms with Crippen molar-refractivity contribution < 1.29 is 42.4 Å². The Morgan fingerprint density at radius 1 is 0.910 bits per heavy atom. The average molecular weight is 960 g/mol. The van der Waals surface area contributed by atoms with Gasteiger partial charge in [0, 0.05) is 73.2 Å². The average Bonchev–Trinajstić information content (AvgIpc) is 3.54. The zero-order chi connectivity index (χ0) is 49.0. The van der Waals surface area contributed by atoms with Gasteiger partial charge in [0.15, 0.2) is 8.32 Å². The monoisotopic (exact) mass is 960 g/mol. The summed E-state index contributed by atoms with van der Waals surface area (Å²) in [5.74, 6) is 6.17. The lowest BCUT2D eigenvalue weighted by atomic mass is 9.79. The van der Waals surface area contributed by atoms with Gasteiger partial charge in [-0.3, -0.25) is 4.79 Å². The van der Waals surface area contributed by atoms with E-state index in [9.17, 15) is 24.4 Å². The maximum absolute atomic E-state index is 12.8. The van der Waals surface area contributed by atoms with Crippen molar-refractivity contribution in [3.63, 3.8) is 0 Å². The van der Waals surface area contributed by atoms with Gasteiger partial charge in [0.2, 0.25) is 5.91 Å². The quantitative estimate of drug-likeness (QED) is 0.0291. The highest BCUT2D eigenvalue weighted by Crippen LogP contribution is 2.53. The predicted molar refractivity (Wildman–Crippen MR) is 265 cm³/mol. The molecule has 1 fully saturated rings. The van der Waals surface area contributed by atoms with Crippen LogP contribution in [-0.4, -0.2) is 107 Å². The molecule has 0 spiro atoms. The van der Waals surface area contributed by atoms with Crippen LogP contribution in [-0.2, 0) is 34.5 Å². The minimum atomic E-state index is -2.63. The number of unbranched alkanes of at least 4 members (excludes halogenated alkanes) is 5. The van der Waals surface area contributed by atoms with Gasteiger partial charge in [-0.25, -0.2) is 14.3 Å². The molecule has 1 aliphatic carbocycles. The minimum Gasteiger partial charge on any atom is -0.447 e. The van der Waals surface area contributed by atoms with Crippen molar-refractivity contribution in [3.05, 3.63) is 70.8 Å². The molecule has 2 aliphatic rings. The summed E-state index contributed by atoms with van der Waals surface area (Å²) in [4.78, 5) is 49.2. The van der Waals surface area contributed by atoms with Crippen molar-refractivity contribution in [2.75, 3.05) is 32.8 Å². The summed E-state index contributed by atoms with van der Waals surface area (Å²) >= 11 is 0. The number of hydrogen-bond acceptors (Lipinski definition) is 11. The predicted octanol–water partition coefficient (Wildman–Crippen LogP) is 8.91. The van der Waals surface area contributed by atoms with Crippen molar-refractivity contribution in [2.24, 2.45) is 5.92 Å². The van der Waals surface area contributed by atoms with E-state index < -0.39 is 58.4 Å². The van der Waals surface area contributed by atoms with Gasteiger partial charge in [-0.2, -0.15) is 5.26 Å². The molecule has 2 aromatic carbocycles. The Hall–Kier alpha value is -3.99. The standard InChI is InChI=1S/C50H75BN5O9PSi/c1-36(2)56(37(3)4)66(62-32-20-28-52)65-46-42(34-50(5,6)67(7,8)60)47(51)63-44(46)35-61-48(58)54-30-18-10-9-17-29-53-45(57)25-12-11-19-31-55-49(59)64-43-33-40-23-14-13-21-38(40)26-27-39-22-15-16-24-41(39)43/h13-16,21-24,36-37,42-44,46-47,60H,9-12,17-20,25,29-35H2,1-8H3,(H,53,57)(H,54,58)(H,55,59)/t42-,43?,44+,46?,47+,66?/m0/s1. The molecule has 4 rings (SSSR count). The van der Waals surface area contributed by atoms with E-state index in [4.69, 9.17) is 31.1 Å².